The second-order valence-electron chi connectivity index (χ2n) is 3.38. The van der Waals surface area contributed by atoms with E-state index in [2.05, 4.69) is 12.2 Å². The van der Waals surface area contributed by atoms with Crippen molar-refractivity contribution in [3.05, 3.63) is 21.4 Å². The zero-order valence-electron chi connectivity index (χ0n) is 9.17. The van der Waals surface area contributed by atoms with E-state index in [9.17, 15) is 4.79 Å². The van der Waals surface area contributed by atoms with Gasteiger partial charge in [0.05, 0.1) is 4.88 Å². The summed E-state index contributed by atoms with van der Waals surface area (Å²) in [7, 11) is 0. The normalized spacial score (nSPS) is 10.3. The molecule has 84 valence electrons. The van der Waals surface area contributed by atoms with Crippen LogP contribution in [0, 0.1) is 6.92 Å². The van der Waals surface area contributed by atoms with Crippen LogP contribution in [-0.4, -0.2) is 24.2 Å². The molecule has 0 fully saturated rings. The van der Waals surface area contributed by atoms with Gasteiger partial charge in [-0.1, -0.05) is 6.92 Å². The van der Waals surface area contributed by atoms with E-state index in [4.69, 9.17) is 5.11 Å². The van der Waals surface area contributed by atoms with Crippen molar-refractivity contribution in [1.29, 1.82) is 0 Å². The van der Waals surface area contributed by atoms with Gasteiger partial charge in [-0.15, -0.1) is 11.3 Å². The monoisotopic (exact) mass is 227 g/mol. The average Bonchev–Trinajstić information content (AvgIpc) is 2.60. The number of hydrogen-bond donors (Lipinski definition) is 2. The van der Waals surface area contributed by atoms with Crippen LogP contribution in [0.3, 0.4) is 0 Å². The summed E-state index contributed by atoms with van der Waals surface area (Å²) < 4.78 is 0. The standard InChI is InChI=1S/C11H17NO2S/c1-3-9-7-10(15-8(9)2)11(14)12-5-4-6-13/h7,13H,3-6H2,1-2H3,(H,12,14). The molecule has 3 nitrogen and oxygen atoms in total. The maximum Gasteiger partial charge on any atom is 0.261 e. The van der Waals surface area contributed by atoms with Gasteiger partial charge in [0.1, 0.15) is 0 Å². The highest BCUT2D eigenvalue weighted by Crippen LogP contribution is 2.21. The number of carbonyl (C=O) groups is 1. The van der Waals surface area contributed by atoms with E-state index >= 15 is 0 Å². The molecule has 0 saturated carbocycles. The number of aliphatic hydroxyl groups is 1. The number of carbonyl (C=O) groups excluding carboxylic acids is 1. The SMILES string of the molecule is CCc1cc(C(=O)NCCCO)sc1C. The Balaban J connectivity index is 2.58. The minimum absolute atomic E-state index is 0.0312. The van der Waals surface area contributed by atoms with Crippen LogP contribution in [0.1, 0.15) is 33.5 Å². The summed E-state index contributed by atoms with van der Waals surface area (Å²) in [4.78, 5) is 13.6. The van der Waals surface area contributed by atoms with Gasteiger partial charge in [0.15, 0.2) is 0 Å². The molecule has 0 aromatic carbocycles. The third-order valence-electron chi connectivity index (χ3n) is 2.25. The van der Waals surface area contributed by atoms with Crippen LogP contribution in [0.2, 0.25) is 0 Å². The minimum atomic E-state index is -0.0312. The first kappa shape index (κ1) is 12.2. The van der Waals surface area contributed by atoms with Gasteiger partial charge in [0, 0.05) is 18.0 Å². The summed E-state index contributed by atoms with van der Waals surface area (Å²) >= 11 is 1.53. The first-order valence-electron chi connectivity index (χ1n) is 5.17. The molecule has 0 aliphatic heterocycles. The first-order chi connectivity index (χ1) is 7.19. The fraction of sp³-hybridized carbons (Fsp3) is 0.545. The quantitative estimate of drug-likeness (QED) is 0.753. The van der Waals surface area contributed by atoms with E-state index in [-0.39, 0.29) is 12.5 Å². The van der Waals surface area contributed by atoms with Crippen molar-refractivity contribution in [1.82, 2.24) is 5.32 Å². The van der Waals surface area contributed by atoms with E-state index in [1.54, 1.807) is 0 Å². The lowest BCUT2D eigenvalue weighted by molar-refractivity contribution is 0.0955. The summed E-state index contributed by atoms with van der Waals surface area (Å²) in [5.41, 5.74) is 1.24. The van der Waals surface area contributed by atoms with Crippen LogP contribution in [0.15, 0.2) is 6.07 Å². The van der Waals surface area contributed by atoms with Gasteiger partial charge < -0.3 is 10.4 Å². The molecule has 0 aliphatic carbocycles. The Kier molecular flexibility index (Phi) is 4.78. The Morgan fingerprint density at radius 2 is 2.33 bits per heavy atom. The summed E-state index contributed by atoms with van der Waals surface area (Å²) in [5.74, 6) is -0.0312. The van der Waals surface area contributed by atoms with Crippen LogP contribution in [0.4, 0.5) is 0 Å². The fourth-order valence-electron chi connectivity index (χ4n) is 1.35. The average molecular weight is 227 g/mol. The third kappa shape index (κ3) is 3.32. The summed E-state index contributed by atoms with van der Waals surface area (Å²) in [5, 5.41) is 11.4. The molecule has 0 bridgehead atoms. The van der Waals surface area contributed by atoms with Crippen molar-refractivity contribution in [2.24, 2.45) is 0 Å². The smallest absolute Gasteiger partial charge is 0.261 e. The lowest BCUT2D eigenvalue weighted by Crippen LogP contribution is -2.24. The number of nitrogens with one attached hydrogen (secondary N) is 1. The van der Waals surface area contributed by atoms with Crippen LogP contribution >= 0.6 is 11.3 Å². The summed E-state index contributed by atoms with van der Waals surface area (Å²) in [6.45, 7) is 4.77. The molecule has 0 radical (unpaired) electrons. The van der Waals surface area contributed by atoms with Crippen molar-refractivity contribution in [2.45, 2.75) is 26.7 Å². The molecule has 15 heavy (non-hydrogen) atoms. The molecule has 0 atom stereocenters. The molecular weight excluding hydrogens is 210 g/mol. The molecule has 0 saturated heterocycles. The van der Waals surface area contributed by atoms with Crippen LogP contribution in [-0.2, 0) is 6.42 Å². The van der Waals surface area contributed by atoms with Gasteiger partial charge >= 0.3 is 0 Å². The highest BCUT2D eigenvalue weighted by atomic mass is 32.1. The predicted octanol–water partition coefficient (Wildman–Crippen LogP) is 1.73. The van der Waals surface area contributed by atoms with Crippen molar-refractivity contribution >= 4 is 17.2 Å². The highest BCUT2D eigenvalue weighted by molar-refractivity contribution is 7.14. The summed E-state index contributed by atoms with van der Waals surface area (Å²) in [6, 6.07) is 1.95. The molecular formula is C11H17NO2S. The minimum Gasteiger partial charge on any atom is -0.396 e. The molecule has 1 rings (SSSR count). The van der Waals surface area contributed by atoms with Crippen LogP contribution in [0.5, 0.6) is 0 Å². The fourth-order valence-corrected chi connectivity index (χ4v) is 2.38. The van der Waals surface area contributed by atoms with E-state index in [0.29, 0.717) is 13.0 Å². The maximum absolute atomic E-state index is 11.6. The van der Waals surface area contributed by atoms with Gasteiger partial charge in [-0.05, 0) is 31.4 Å². The molecule has 1 aromatic rings. The molecule has 2 N–H and O–H groups in total. The number of hydrogen-bond acceptors (Lipinski definition) is 3. The third-order valence-corrected chi connectivity index (χ3v) is 3.34. The molecule has 1 aromatic heterocycles. The Morgan fingerprint density at radius 1 is 1.60 bits per heavy atom. The zero-order valence-corrected chi connectivity index (χ0v) is 9.99. The lowest BCUT2D eigenvalue weighted by atomic mass is 10.2. The Morgan fingerprint density at radius 3 is 2.87 bits per heavy atom. The second-order valence-corrected chi connectivity index (χ2v) is 4.64. The van der Waals surface area contributed by atoms with Crippen molar-refractivity contribution in [3.63, 3.8) is 0 Å². The number of amides is 1. The van der Waals surface area contributed by atoms with Gasteiger partial charge in [-0.3, -0.25) is 4.79 Å². The lowest BCUT2D eigenvalue weighted by Gasteiger charge is -2.00. The van der Waals surface area contributed by atoms with E-state index in [1.165, 1.54) is 21.8 Å². The first-order valence-corrected chi connectivity index (χ1v) is 5.99. The molecule has 0 spiro atoms. The molecule has 4 heteroatoms. The Bertz CT molecular complexity index is 333. The largest absolute Gasteiger partial charge is 0.396 e. The topological polar surface area (TPSA) is 49.3 Å². The number of aryl methyl sites for hydroxylation is 2. The number of rotatable bonds is 5. The van der Waals surface area contributed by atoms with Crippen LogP contribution < -0.4 is 5.32 Å². The van der Waals surface area contributed by atoms with Crippen molar-refractivity contribution < 1.29 is 9.90 Å². The number of aliphatic hydroxyl groups excluding tert-OH is 1. The summed E-state index contributed by atoms with van der Waals surface area (Å²) in [6.07, 6.45) is 1.57. The van der Waals surface area contributed by atoms with Crippen molar-refractivity contribution in [3.8, 4) is 0 Å². The van der Waals surface area contributed by atoms with Crippen LogP contribution in [0.25, 0.3) is 0 Å². The van der Waals surface area contributed by atoms with Gasteiger partial charge in [-0.2, -0.15) is 0 Å². The second kappa shape index (κ2) is 5.88. The molecule has 0 aliphatic rings. The molecule has 0 unspecified atom stereocenters. The van der Waals surface area contributed by atoms with E-state index in [0.717, 1.165) is 11.3 Å². The zero-order chi connectivity index (χ0) is 11.3. The predicted molar refractivity (Wildman–Crippen MR) is 62.5 cm³/mol. The molecule has 1 heterocycles. The Hall–Kier alpha value is -0.870. The Labute approximate surface area is 94.1 Å². The van der Waals surface area contributed by atoms with Gasteiger partial charge in [0.25, 0.3) is 5.91 Å². The van der Waals surface area contributed by atoms with Gasteiger partial charge in [-0.25, -0.2) is 0 Å². The van der Waals surface area contributed by atoms with E-state index < -0.39 is 0 Å². The molecule has 1 amide bonds. The van der Waals surface area contributed by atoms with E-state index in [1.807, 2.05) is 13.0 Å². The van der Waals surface area contributed by atoms with Crippen molar-refractivity contribution in [2.75, 3.05) is 13.2 Å². The van der Waals surface area contributed by atoms with Gasteiger partial charge in [0.2, 0.25) is 0 Å². The highest BCUT2D eigenvalue weighted by Gasteiger charge is 2.10. The number of thiophene rings is 1. The maximum atomic E-state index is 11.6.